The molecule has 0 saturated carbocycles. The van der Waals surface area contributed by atoms with Crippen LogP contribution in [-0.4, -0.2) is 30.9 Å². The lowest BCUT2D eigenvalue weighted by molar-refractivity contribution is -0.122. The molecular formula is C10H13N7O. The Kier molecular flexibility index (Phi) is 3.92. The van der Waals surface area contributed by atoms with Crippen LogP contribution < -0.4 is 11.1 Å². The van der Waals surface area contributed by atoms with E-state index in [1.54, 1.807) is 18.5 Å². The number of nitrogens with zero attached hydrogens (tertiary/aromatic N) is 5. The van der Waals surface area contributed by atoms with E-state index in [9.17, 15) is 4.79 Å². The van der Waals surface area contributed by atoms with Crippen molar-refractivity contribution in [1.82, 2.24) is 30.3 Å². The summed E-state index contributed by atoms with van der Waals surface area (Å²) in [6.45, 7) is 0.778. The number of carbonyl (C=O) groups excluding carboxylic acids is 1. The Morgan fingerprint density at radius 1 is 1.44 bits per heavy atom. The second kappa shape index (κ2) is 5.82. The molecule has 0 bridgehead atoms. The fraction of sp³-hybridized carbons (Fsp3) is 0.300. The molecule has 0 atom stereocenters. The molecule has 0 fully saturated rings. The molecule has 2 heterocycles. The molecule has 0 unspecified atom stereocenters. The molecule has 0 spiro atoms. The van der Waals surface area contributed by atoms with Crippen LogP contribution in [0.1, 0.15) is 11.4 Å². The van der Waals surface area contributed by atoms with E-state index in [0.717, 1.165) is 5.69 Å². The number of carbonyl (C=O) groups is 1. The normalized spacial score (nSPS) is 10.3. The molecule has 0 saturated heterocycles. The van der Waals surface area contributed by atoms with E-state index < -0.39 is 0 Å². The zero-order valence-corrected chi connectivity index (χ0v) is 9.65. The smallest absolute Gasteiger partial charge is 0.242 e. The van der Waals surface area contributed by atoms with Gasteiger partial charge in [-0.15, -0.1) is 5.10 Å². The number of hydrogen-bond donors (Lipinski definition) is 2. The number of amides is 1. The molecule has 0 aliphatic carbocycles. The first-order valence-corrected chi connectivity index (χ1v) is 5.38. The van der Waals surface area contributed by atoms with Crippen molar-refractivity contribution < 1.29 is 4.79 Å². The largest absolute Gasteiger partial charge is 0.349 e. The van der Waals surface area contributed by atoms with E-state index in [4.69, 9.17) is 5.73 Å². The average Bonchev–Trinajstić information content (AvgIpc) is 2.85. The van der Waals surface area contributed by atoms with Gasteiger partial charge in [-0.2, -0.15) is 0 Å². The summed E-state index contributed by atoms with van der Waals surface area (Å²) < 4.78 is 1.44. The van der Waals surface area contributed by atoms with Gasteiger partial charge < -0.3 is 11.1 Å². The lowest BCUT2D eigenvalue weighted by atomic mass is 10.4. The Hall–Kier alpha value is -2.35. The maximum Gasteiger partial charge on any atom is 0.242 e. The summed E-state index contributed by atoms with van der Waals surface area (Å²) in [5.41, 5.74) is 6.80. The van der Waals surface area contributed by atoms with Crippen molar-refractivity contribution in [1.29, 1.82) is 0 Å². The predicted molar refractivity (Wildman–Crippen MR) is 61.8 cm³/mol. The fourth-order valence-corrected chi connectivity index (χ4v) is 1.32. The van der Waals surface area contributed by atoms with Gasteiger partial charge in [0.25, 0.3) is 0 Å². The molecule has 94 valence electrons. The van der Waals surface area contributed by atoms with Gasteiger partial charge in [-0.1, -0.05) is 5.21 Å². The predicted octanol–water partition coefficient (Wildman–Crippen LogP) is -1.16. The van der Waals surface area contributed by atoms with Gasteiger partial charge in [-0.05, 0) is 6.07 Å². The van der Waals surface area contributed by atoms with E-state index in [1.807, 2.05) is 0 Å². The van der Waals surface area contributed by atoms with Gasteiger partial charge in [0.2, 0.25) is 5.91 Å². The van der Waals surface area contributed by atoms with Crippen molar-refractivity contribution in [3.05, 3.63) is 36.2 Å². The van der Waals surface area contributed by atoms with Crippen molar-refractivity contribution in [2.24, 2.45) is 5.73 Å². The van der Waals surface area contributed by atoms with Crippen LogP contribution in [0.5, 0.6) is 0 Å². The summed E-state index contributed by atoms with van der Waals surface area (Å²) in [6, 6.07) is 1.74. The monoisotopic (exact) mass is 247 g/mol. The van der Waals surface area contributed by atoms with Gasteiger partial charge in [0.1, 0.15) is 12.9 Å². The summed E-state index contributed by atoms with van der Waals surface area (Å²) in [6.07, 6.45) is 4.70. The molecular weight excluding hydrogens is 234 g/mol. The van der Waals surface area contributed by atoms with E-state index in [-0.39, 0.29) is 12.5 Å². The van der Waals surface area contributed by atoms with Crippen molar-refractivity contribution in [3.63, 3.8) is 0 Å². The molecule has 8 heteroatoms. The third-order valence-corrected chi connectivity index (χ3v) is 2.21. The van der Waals surface area contributed by atoms with Crippen molar-refractivity contribution >= 4 is 5.91 Å². The molecule has 0 aliphatic heterocycles. The van der Waals surface area contributed by atoms with Gasteiger partial charge >= 0.3 is 0 Å². The van der Waals surface area contributed by atoms with Gasteiger partial charge in [0.05, 0.1) is 24.1 Å². The number of nitrogens with two attached hydrogens (primary N) is 1. The summed E-state index contributed by atoms with van der Waals surface area (Å²) in [5.74, 6) is -0.165. The highest BCUT2D eigenvalue weighted by atomic mass is 16.2. The molecule has 0 aliphatic rings. The Balaban J connectivity index is 1.82. The first-order valence-electron chi connectivity index (χ1n) is 5.38. The minimum atomic E-state index is -0.165. The molecule has 0 radical (unpaired) electrons. The van der Waals surface area contributed by atoms with Crippen molar-refractivity contribution in [2.45, 2.75) is 19.6 Å². The molecule has 18 heavy (non-hydrogen) atoms. The number of aromatic nitrogens is 5. The van der Waals surface area contributed by atoms with Gasteiger partial charge in [-0.3, -0.25) is 4.79 Å². The van der Waals surface area contributed by atoms with E-state index in [2.05, 4.69) is 25.6 Å². The quantitative estimate of drug-likeness (QED) is 0.689. The minimum absolute atomic E-state index is 0.109. The zero-order valence-electron chi connectivity index (χ0n) is 9.65. The Morgan fingerprint density at radius 3 is 3.00 bits per heavy atom. The highest BCUT2D eigenvalue weighted by Gasteiger charge is 2.05. The molecule has 1 amide bonds. The summed E-state index contributed by atoms with van der Waals surface area (Å²) in [7, 11) is 0. The second-order valence-corrected chi connectivity index (χ2v) is 3.59. The molecule has 2 rings (SSSR count). The Bertz CT molecular complexity index is 510. The van der Waals surface area contributed by atoms with Gasteiger partial charge in [0, 0.05) is 12.7 Å². The third-order valence-electron chi connectivity index (χ3n) is 2.21. The summed E-state index contributed by atoms with van der Waals surface area (Å²) in [4.78, 5) is 19.4. The first-order chi connectivity index (χ1) is 8.78. The topological polar surface area (TPSA) is 112 Å². The summed E-state index contributed by atoms with van der Waals surface area (Å²) in [5, 5.41) is 10.3. The van der Waals surface area contributed by atoms with Crippen LogP contribution in [0.2, 0.25) is 0 Å². The number of hydrogen-bond acceptors (Lipinski definition) is 6. The Labute approximate surface area is 103 Å². The minimum Gasteiger partial charge on any atom is -0.349 e. The zero-order chi connectivity index (χ0) is 12.8. The van der Waals surface area contributed by atoms with Crippen molar-refractivity contribution in [3.8, 4) is 0 Å². The van der Waals surface area contributed by atoms with Gasteiger partial charge in [0.15, 0.2) is 0 Å². The fourth-order valence-electron chi connectivity index (χ4n) is 1.32. The number of rotatable bonds is 5. The van der Waals surface area contributed by atoms with Gasteiger partial charge in [-0.25, -0.2) is 14.6 Å². The highest BCUT2D eigenvalue weighted by Crippen LogP contribution is 1.92. The average molecular weight is 247 g/mol. The van der Waals surface area contributed by atoms with E-state index in [1.165, 1.54) is 11.0 Å². The van der Waals surface area contributed by atoms with Crippen LogP contribution in [0.15, 0.2) is 24.8 Å². The SMILES string of the molecule is NCc1cn(CC(=O)NCc2ccncn2)nn1. The van der Waals surface area contributed by atoms with Crippen LogP contribution in [0.3, 0.4) is 0 Å². The third kappa shape index (κ3) is 3.32. The second-order valence-electron chi connectivity index (χ2n) is 3.59. The van der Waals surface area contributed by atoms with E-state index in [0.29, 0.717) is 18.8 Å². The maximum absolute atomic E-state index is 11.6. The standard InChI is InChI=1S/C10H13N7O/c11-3-9-5-17(16-15-9)6-10(18)13-4-8-1-2-12-7-14-8/h1-2,5,7H,3-4,6,11H2,(H,13,18). The van der Waals surface area contributed by atoms with Crippen LogP contribution in [0.25, 0.3) is 0 Å². The lowest BCUT2D eigenvalue weighted by Gasteiger charge is -2.03. The molecule has 2 aromatic rings. The van der Waals surface area contributed by atoms with Crippen LogP contribution >= 0.6 is 0 Å². The summed E-state index contributed by atoms with van der Waals surface area (Å²) >= 11 is 0. The molecule has 8 nitrogen and oxygen atoms in total. The van der Waals surface area contributed by atoms with E-state index >= 15 is 0 Å². The molecule has 3 N–H and O–H groups in total. The van der Waals surface area contributed by atoms with Crippen LogP contribution in [0.4, 0.5) is 0 Å². The van der Waals surface area contributed by atoms with Crippen LogP contribution in [0, 0.1) is 0 Å². The first kappa shape index (κ1) is 12.1. The lowest BCUT2D eigenvalue weighted by Crippen LogP contribution is -2.27. The molecule has 2 aromatic heterocycles. The maximum atomic E-state index is 11.6. The molecule has 0 aromatic carbocycles. The number of nitrogens with one attached hydrogen (secondary N) is 1. The Morgan fingerprint density at radius 2 is 2.33 bits per heavy atom. The van der Waals surface area contributed by atoms with Crippen molar-refractivity contribution in [2.75, 3.05) is 0 Å². The highest BCUT2D eigenvalue weighted by molar-refractivity contribution is 5.75. The van der Waals surface area contributed by atoms with Crippen LogP contribution in [-0.2, 0) is 24.4 Å².